The minimum Gasteiger partial charge on any atom is -0.353 e. The number of halogens is 1. The summed E-state index contributed by atoms with van der Waals surface area (Å²) in [4.78, 5) is 26.8. The van der Waals surface area contributed by atoms with Crippen LogP contribution < -0.4 is 15.5 Å². The van der Waals surface area contributed by atoms with E-state index in [9.17, 15) is 14.0 Å². The smallest absolute Gasteiger partial charge is 0.239 e. The Morgan fingerprint density at radius 3 is 2.78 bits per heavy atom. The van der Waals surface area contributed by atoms with Crippen molar-refractivity contribution < 1.29 is 14.0 Å². The quantitative estimate of drug-likeness (QED) is 0.815. The van der Waals surface area contributed by atoms with E-state index in [2.05, 4.69) is 22.8 Å². The lowest BCUT2D eigenvalue weighted by Crippen LogP contribution is -2.42. The topological polar surface area (TPSA) is 61.4 Å². The van der Waals surface area contributed by atoms with Gasteiger partial charge in [-0.25, -0.2) is 4.39 Å². The van der Waals surface area contributed by atoms with Crippen LogP contribution in [-0.4, -0.2) is 31.4 Å². The van der Waals surface area contributed by atoms with Crippen LogP contribution in [0.4, 0.5) is 10.1 Å². The molecular weight excluding hydrogens is 345 g/mol. The molecule has 6 heteroatoms. The molecule has 2 aliphatic heterocycles. The number of rotatable bonds is 4. The number of carbonyl (C=O) groups is 2. The average molecular weight is 367 g/mol. The maximum Gasteiger partial charge on any atom is 0.239 e. The Labute approximate surface area is 157 Å². The molecule has 1 saturated heterocycles. The highest BCUT2D eigenvalue weighted by molar-refractivity contribution is 6.09. The van der Waals surface area contributed by atoms with Gasteiger partial charge in [0.2, 0.25) is 11.8 Å². The molecule has 0 bridgehead atoms. The monoisotopic (exact) mass is 367 g/mol. The van der Waals surface area contributed by atoms with Gasteiger partial charge in [-0.3, -0.25) is 9.59 Å². The first-order chi connectivity index (χ1) is 13.1. The molecule has 2 aromatic carbocycles. The van der Waals surface area contributed by atoms with E-state index in [0.29, 0.717) is 25.2 Å². The fourth-order valence-electron chi connectivity index (χ4n) is 3.90. The van der Waals surface area contributed by atoms with Crippen molar-refractivity contribution in [3.63, 3.8) is 0 Å². The summed E-state index contributed by atoms with van der Waals surface area (Å²) in [5.74, 6) is -1.50. The Morgan fingerprint density at radius 1 is 1.19 bits per heavy atom. The van der Waals surface area contributed by atoms with Gasteiger partial charge in [-0.05, 0) is 54.8 Å². The highest BCUT2D eigenvalue weighted by Gasteiger charge is 2.37. The maximum atomic E-state index is 13.1. The van der Waals surface area contributed by atoms with Crippen LogP contribution in [0.5, 0.6) is 0 Å². The first kappa shape index (κ1) is 17.7. The molecule has 2 aromatic rings. The Hall–Kier alpha value is -2.73. The van der Waals surface area contributed by atoms with Gasteiger partial charge in [-0.1, -0.05) is 24.3 Å². The third kappa shape index (κ3) is 3.57. The first-order valence-corrected chi connectivity index (χ1v) is 9.29. The van der Waals surface area contributed by atoms with Crippen LogP contribution in [0.25, 0.3) is 0 Å². The number of nitrogens with zero attached hydrogens (tertiary/aromatic N) is 1. The van der Waals surface area contributed by atoms with Gasteiger partial charge < -0.3 is 15.5 Å². The summed E-state index contributed by atoms with van der Waals surface area (Å²) in [7, 11) is 0. The van der Waals surface area contributed by atoms with Crippen molar-refractivity contribution in [1.82, 2.24) is 10.6 Å². The molecule has 2 atom stereocenters. The molecule has 2 unspecified atom stereocenters. The van der Waals surface area contributed by atoms with Crippen LogP contribution >= 0.6 is 0 Å². The number of hydrogen-bond donors (Lipinski definition) is 2. The van der Waals surface area contributed by atoms with Gasteiger partial charge in [-0.15, -0.1) is 0 Å². The third-order valence-electron chi connectivity index (χ3n) is 5.36. The van der Waals surface area contributed by atoms with Crippen molar-refractivity contribution in [2.24, 2.45) is 5.92 Å². The zero-order valence-electron chi connectivity index (χ0n) is 15.0. The number of carbonyl (C=O) groups excluding carboxylic acids is 2. The van der Waals surface area contributed by atoms with E-state index >= 15 is 0 Å². The highest BCUT2D eigenvalue weighted by atomic mass is 19.1. The second kappa shape index (κ2) is 7.48. The van der Waals surface area contributed by atoms with Gasteiger partial charge in [0, 0.05) is 24.8 Å². The molecule has 2 aliphatic rings. The second-order valence-electron chi connectivity index (χ2n) is 7.01. The fraction of sp³-hybridized carbons (Fsp3) is 0.333. The largest absolute Gasteiger partial charge is 0.353 e. The molecule has 2 amide bonds. The molecule has 0 aromatic heterocycles. The lowest BCUT2D eigenvalue weighted by atomic mass is 9.94. The van der Waals surface area contributed by atoms with E-state index < -0.39 is 5.92 Å². The van der Waals surface area contributed by atoms with E-state index in [1.807, 2.05) is 12.1 Å². The van der Waals surface area contributed by atoms with E-state index in [1.165, 1.54) is 23.3 Å². The SMILES string of the molecule is O=C(NCC1NCCc2ccccc21)C1CCN(c2ccc(F)cc2)C1=O. The summed E-state index contributed by atoms with van der Waals surface area (Å²) < 4.78 is 13.1. The fourth-order valence-corrected chi connectivity index (χ4v) is 3.90. The van der Waals surface area contributed by atoms with Crippen LogP contribution in [0.3, 0.4) is 0 Å². The molecule has 2 N–H and O–H groups in total. The number of hydrogen-bond acceptors (Lipinski definition) is 3. The lowest BCUT2D eigenvalue weighted by molar-refractivity contribution is -0.132. The molecule has 27 heavy (non-hydrogen) atoms. The molecule has 0 radical (unpaired) electrons. The minimum absolute atomic E-state index is 0.0589. The van der Waals surface area contributed by atoms with Crippen LogP contribution in [0.1, 0.15) is 23.6 Å². The summed E-state index contributed by atoms with van der Waals surface area (Å²) in [6, 6.07) is 14.1. The summed E-state index contributed by atoms with van der Waals surface area (Å²) in [5, 5.41) is 6.36. The van der Waals surface area contributed by atoms with Crippen LogP contribution in [0.15, 0.2) is 48.5 Å². The number of amides is 2. The number of nitrogens with one attached hydrogen (secondary N) is 2. The molecule has 4 rings (SSSR count). The lowest BCUT2D eigenvalue weighted by Gasteiger charge is -2.27. The number of fused-ring (bicyclic) bond motifs is 1. The standard InChI is InChI=1S/C21H22FN3O2/c22-15-5-7-16(8-6-15)25-12-10-18(21(25)27)20(26)24-13-19-17-4-2-1-3-14(17)9-11-23-19/h1-8,18-19,23H,9-13H2,(H,24,26). The molecule has 2 heterocycles. The molecular formula is C21H22FN3O2. The highest BCUT2D eigenvalue weighted by Crippen LogP contribution is 2.26. The van der Waals surface area contributed by atoms with Gasteiger partial charge in [0.1, 0.15) is 11.7 Å². The third-order valence-corrected chi connectivity index (χ3v) is 5.36. The van der Waals surface area contributed by atoms with Crippen molar-refractivity contribution >= 4 is 17.5 Å². The van der Waals surface area contributed by atoms with Gasteiger partial charge in [0.05, 0.1) is 0 Å². The van der Waals surface area contributed by atoms with Crippen molar-refractivity contribution in [3.05, 3.63) is 65.5 Å². The molecule has 0 saturated carbocycles. The molecule has 5 nitrogen and oxygen atoms in total. The van der Waals surface area contributed by atoms with Gasteiger partial charge >= 0.3 is 0 Å². The maximum absolute atomic E-state index is 13.1. The summed E-state index contributed by atoms with van der Waals surface area (Å²) in [6.07, 6.45) is 1.45. The molecule has 1 fully saturated rings. The van der Waals surface area contributed by atoms with Crippen LogP contribution in [0, 0.1) is 11.7 Å². The van der Waals surface area contributed by atoms with Gasteiger partial charge in [0.25, 0.3) is 0 Å². The Bertz CT molecular complexity index is 853. The number of benzene rings is 2. The summed E-state index contributed by atoms with van der Waals surface area (Å²) in [5.41, 5.74) is 3.13. The van der Waals surface area contributed by atoms with Crippen molar-refractivity contribution in [1.29, 1.82) is 0 Å². The second-order valence-corrected chi connectivity index (χ2v) is 7.01. The molecule has 0 aliphatic carbocycles. The summed E-state index contributed by atoms with van der Waals surface area (Å²) >= 11 is 0. The predicted molar refractivity (Wildman–Crippen MR) is 101 cm³/mol. The Balaban J connectivity index is 1.38. The molecule has 140 valence electrons. The van der Waals surface area contributed by atoms with Crippen molar-refractivity contribution in [2.75, 3.05) is 24.5 Å². The zero-order chi connectivity index (χ0) is 18.8. The van der Waals surface area contributed by atoms with Crippen LogP contribution in [0.2, 0.25) is 0 Å². The van der Waals surface area contributed by atoms with E-state index in [0.717, 1.165) is 13.0 Å². The predicted octanol–water partition coefficient (Wildman–Crippen LogP) is 2.18. The van der Waals surface area contributed by atoms with E-state index in [-0.39, 0.29) is 23.7 Å². The minimum atomic E-state index is -0.686. The van der Waals surface area contributed by atoms with Crippen molar-refractivity contribution in [2.45, 2.75) is 18.9 Å². The van der Waals surface area contributed by atoms with Gasteiger partial charge in [-0.2, -0.15) is 0 Å². The Kier molecular flexibility index (Phi) is 4.90. The van der Waals surface area contributed by atoms with E-state index in [1.54, 1.807) is 17.0 Å². The first-order valence-electron chi connectivity index (χ1n) is 9.29. The van der Waals surface area contributed by atoms with Gasteiger partial charge in [0.15, 0.2) is 0 Å². The van der Waals surface area contributed by atoms with E-state index in [4.69, 9.17) is 0 Å². The van der Waals surface area contributed by atoms with Crippen LogP contribution in [-0.2, 0) is 16.0 Å². The zero-order valence-corrected chi connectivity index (χ0v) is 15.0. The molecule has 0 spiro atoms. The summed E-state index contributed by atoms with van der Waals surface area (Å²) in [6.45, 7) is 1.79. The Morgan fingerprint density at radius 2 is 1.96 bits per heavy atom. The van der Waals surface area contributed by atoms with Crippen molar-refractivity contribution in [3.8, 4) is 0 Å². The normalized spacial score (nSPS) is 21.8. The number of anilines is 1. The average Bonchev–Trinajstić information content (AvgIpc) is 3.08.